The second-order valence-electron chi connectivity index (χ2n) is 9.74. The zero-order chi connectivity index (χ0) is 27.4. The third kappa shape index (κ3) is 4.84. The first-order valence-electron chi connectivity index (χ1n) is 12.2. The molecule has 208 valence electrons. The number of nitrogens with zero attached hydrogens (tertiary/aromatic N) is 2. The van der Waals surface area contributed by atoms with Crippen LogP contribution in [0.15, 0.2) is 31.6 Å². The predicted octanol–water partition coefficient (Wildman–Crippen LogP) is -2.07. The fourth-order valence-corrected chi connectivity index (χ4v) is 7.51. The van der Waals surface area contributed by atoms with Crippen molar-refractivity contribution in [2.45, 2.75) is 75.6 Å². The summed E-state index contributed by atoms with van der Waals surface area (Å²) in [4.78, 5) is 66.4. The Kier molecular flexibility index (Phi) is 7.30. The van der Waals surface area contributed by atoms with E-state index in [1.807, 2.05) is 0 Å². The van der Waals surface area contributed by atoms with Gasteiger partial charge in [0.2, 0.25) is 7.94 Å². The van der Waals surface area contributed by atoms with Gasteiger partial charge in [0.1, 0.15) is 30.8 Å². The van der Waals surface area contributed by atoms with Crippen LogP contribution in [0.5, 0.6) is 0 Å². The van der Waals surface area contributed by atoms with Gasteiger partial charge in [0.25, 0.3) is 11.1 Å². The molecule has 0 aromatic carbocycles. The molecule has 2 aromatic heterocycles. The average Bonchev–Trinajstić information content (AvgIpc) is 3.48. The second-order valence-corrected chi connectivity index (χ2v) is 11.9. The summed E-state index contributed by atoms with van der Waals surface area (Å²) >= 11 is 0. The van der Waals surface area contributed by atoms with E-state index in [4.69, 9.17) is 18.5 Å². The van der Waals surface area contributed by atoms with Crippen molar-refractivity contribution < 1.29 is 33.6 Å². The van der Waals surface area contributed by atoms with Crippen molar-refractivity contribution in [3.8, 4) is 0 Å². The third-order valence-electron chi connectivity index (χ3n) is 7.16. The summed E-state index contributed by atoms with van der Waals surface area (Å²) in [6.07, 6.45) is -2.78. The first-order valence-corrected chi connectivity index (χ1v) is 13.8. The fourth-order valence-electron chi connectivity index (χ4n) is 5.13. The number of ether oxygens (including phenoxy) is 2. The second kappa shape index (κ2) is 10.2. The van der Waals surface area contributed by atoms with Gasteiger partial charge in [-0.05, 0) is 13.8 Å². The van der Waals surface area contributed by atoms with E-state index >= 15 is 0 Å². The zero-order valence-corrected chi connectivity index (χ0v) is 21.5. The third-order valence-corrected chi connectivity index (χ3v) is 9.62. The Morgan fingerprint density at radius 1 is 1.00 bits per heavy atom. The molecule has 5 rings (SSSR count). The molecule has 1 unspecified atom stereocenters. The van der Waals surface area contributed by atoms with Gasteiger partial charge in [-0.25, -0.2) is 18.6 Å². The Morgan fingerprint density at radius 2 is 1.58 bits per heavy atom. The summed E-state index contributed by atoms with van der Waals surface area (Å²) in [5.41, 5.74) is -2.85. The lowest BCUT2D eigenvalue weighted by Crippen LogP contribution is -2.46. The molecular weight excluding hydrogens is 527 g/mol. The van der Waals surface area contributed by atoms with E-state index in [1.165, 1.54) is 30.8 Å². The number of hydrogen-bond donors (Lipinski definition) is 4. The molecule has 3 aliphatic heterocycles. The molecule has 3 fully saturated rings. The van der Waals surface area contributed by atoms with E-state index in [0.29, 0.717) is 5.56 Å². The molecule has 0 aliphatic carbocycles. The van der Waals surface area contributed by atoms with Gasteiger partial charge in [0.15, 0.2) is 5.66 Å². The average molecular weight is 556 g/mol. The van der Waals surface area contributed by atoms with Crippen LogP contribution >= 0.6 is 7.94 Å². The molecule has 8 atom stereocenters. The quantitative estimate of drug-likeness (QED) is 0.294. The molecule has 0 spiro atoms. The van der Waals surface area contributed by atoms with Gasteiger partial charge in [-0.2, -0.15) is 0 Å². The van der Waals surface area contributed by atoms with Crippen LogP contribution in [0.25, 0.3) is 0 Å². The first kappa shape index (κ1) is 27.1. The maximum Gasteiger partial charge on any atom is 0.330 e. The van der Waals surface area contributed by atoms with Crippen LogP contribution in [0.3, 0.4) is 0 Å². The lowest BCUT2D eigenvalue weighted by Gasteiger charge is -2.41. The van der Waals surface area contributed by atoms with Gasteiger partial charge in [-0.1, -0.05) is 0 Å². The Morgan fingerprint density at radius 3 is 2.16 bits per heavy atom. The number of hydrogen-bond acceptors (Lipinski definition) is 11. The minimum absolute atomic E-state index is 0.00787. The highest BCUT2D eigenvalue weighted by atomic mass is 31.2. The molecule has 3 aliphatic rings. The van der Waals surface area contributed by atoms with Crippen LogP contribution < -0.4 is 27.4 Å². The SMILES string of the molecule is Cc1cn([C@H]2C[C@H](O)[C@@H]([C@@H]3CCO[P+]([O-])([C@H]4C[C@H](n5cc(C)c(=O)[nH]c5=O)O[C@@H]4CO)O3)O2)c(=O)[nH]c1=O. The fraction of sp³-hybridized carbons (Fsp3) is 0.636. The van der Waals surface area contributed by atoms with E-state index in [-0.39, 0.29) is 31.4 Å². The molecule has 15 nitrogen and oxygen atoms in total. The van der Waals surface area contributed by atoms with Crippen LogP contribution in [0, 0.1) is 13.8 Å². The molecule has 0 bridgehead atoms. The predicted molar refractivity (Wildman–Crippen MR) is 128 cm³/mol. The van der Waals surface area contributed by atoms with Crippen LogP contribution in [0.2, 0.25) is 0 Å². The molecule has 16 heteroatoms. The molecule has 3 saturated heterocycles. The molecule has 0 saturated carbocycles. The molecule has 0 amide bonds. The molecule has 2 aromatic rings. The van der Waals surface area contributed by atoms with Crippen molar-refractivity contribution in [3.05, 3.63) is 65.2 Å². The number of aromatic nitrogens is 4. The highest BCUT2D eigenvalue weighted by Crippen LogP contribution is 2.65. The first-order chi connectivity index (χ1) is 18.0. The highest BCUT2D eigenvalue weighted by Gasteiger charge is 2.57. The van der Waals surface area contributed by atoms with Crippen molar-refractivity contribution in [2.24, 2.45) is 0 Å². The van der Waals surface area contributed by atoms with Crippen LogP contribution in [-0.4, -0.2) is 72.6 Å². The maximum absolute atomic E-state index is 13.9. The number of aromatic amines is 2. The van der Waals surface area contributed by atoms with E-state index < -0.39 is 79.6 Å². The highest BCUT2D eigenvalue weighted by molar-refractivity contribution is 7.60. The van der Waals surface area contributed by atoms with Crippen LogP contribution in [0.1, 0.15) is 42.8 Å². The molecule has 5 heterocycles. The number of aryl methyl sites for hydroxylation is 2. The summed E-state index contributed by atoms with van der Waals surface area (Å²) in [6, 6.07) is 0. The van der Waals surface area contributed by atoms with E-state index in [9.17, 15) is 34.3 Å². The van der Waals surface area contributed by atoms with E-state index in [0.717, 1.165) is 4.57 Å². The minimum atomic E-state index is -3.96. The van der Waals surface area contributed by atoms with E-state index in [2.05, 4.69) is 9.97 Å². The number of rotatable bonds is 5. The van der Waals surface area contributed by atoms with Crippen LogP contribution in [0.4, 0.5) is 0 Å². The largest absolute Gasteiger partial charge is 0.631 e. The number of aliphatic hydroxyl groups is 2. The summed E-state index contributed by atoms with van der Waals surface area (Å²) in [6.45, 7) is 2.53. The van der Waals surface area contributed by atoms with Gasteiger partial charge in [0, 0.05) is 42.8 Å². The number of nitrogens with one attached hydrogen (secondary N) is 2. The van der Waals surface area contributed by atoms with Gasteiger partial charge >= 0.3 is 11.4 Å². The molecule has 0 radical (unpaired) electrons. The monoisotopic (exact) mass is 556 g/mol. The zero-order valence-electron chi connectivity index (χ0n) is 20.6. The lowest BCUT2D eigenvalue weighted by atomic mass is 10.1. The van der Waals surface area contributed by atoms with Gasteiger partial charge in [-0.3, -0.25) is 28.7 Å². The van der Waals surface area contributed by atoms with Crippen LogP contribution in [-0.2, 0) is 18.5 Å². The van der Waals surface area contributed by atoms with Crippen molar-refractivity contribution in [2.75, 3.05) is 13.2 Å². The van der Waals surface area contributed by atoms with Gasteiger partial charge in [-0.15, -0.1) is 0 Å². The van der Waals surface area contributed by atoms with Gasteiger partial charge in [0.05, 0.1) is 19.3 Å². The Balaban J connectivity index is 1.35. The van der Waals surface area contributed by atoms with Crippen molar-refractivity contribution >= 4 is 7.94 Å². The molecular formula is C22H29N4O11P. The summed E-state index contributed by atoms with van der Waals surface area (Å²) in [5, 5.41) is 20.7. The summed E-state index contributed by atoms with van der Waals surface area (Å²) < 4.78 is 25.6. The van der Waals surface area contributed by atoms with Crippen molar-refractivity contribution in [1.82, 2.24) is 19.1 Å². The topological polar surface area (TPSA) is 210 Å². The maximum atomic E-state index is 13.9. The standard InChI is InChI=1S/C22H29N4O11P/c1-10-7-25(21(31)23-19(10)29)16-5-12(28)18(36-16)13-3-4-34-38(33,37-13)15-6-17(35-14(15)9-27)26-8-11(2)20(30)24-22(26)32/h7-8,12-18,27-28H,3-6,9H2,1-2H3,(H,23,29,31)(H,24,30,32)/t12-,13-,14+,15-,16+,17+,18-,38?/m0/s1. The summed E-state index contributed by atoms with van der Waals surface area (Å²) in [7, 11) is -3.96. The molecule has 38 heavy (non-hydrogen) atoms. The Labute approximate surface area is 215 Å². The summed E-state index contributed by atoms with van der Waals surface area (Å²) in [5.74, 6) is 0. The van der Waals surface area contributed by atoms with Gasteiger partial charge < -0.3 is 24.6 Å². The Hall–Kier alpha value is -2.49. The lowest BCUT2D eigenvalue weighted by molar-refractivity contribution is -0.243. The normalized spacial score (nSPS) is 35.6. The Bertz CT molecular complexity index is 1440. The minimum Gasteiger partial charge on any atom is -0.631 e. The number of H-pyrrole nitrogens is 2. The number of aliphatic hydroxyl groups excluding tert-OH is 2. The molecule has 4 N–H and O–H groups in total. The smallest absolute Gasteiger partial charge is 0.330 e. The van der Waals surface area contributed by atoms with Crippen molar-refractivity contribution in [3.63, 3.8) is 0 Å². The van der Waals surface area contributed by atoms with Crippen molar-refractivity contribution in [1.29, 1.82) is 0 Å². The van der Waals surface area contributed by atoms with E-state index in [1.54, 1.807) is 0 Å².